The van der Waals surface area contributed by atoms with Crippen LogP contribution in [0.3, 0.4) is 0 Å². The summed E-state index contributed by atoms with van der Waals surface area (Å²) in [6.45, 7) is 2.13. The van der Waals surface area contributed by atoms with E-state index in [-0.39, 0.29) is 22.4 Å². The van der Waals surface area contributed by atoms with E-state index in [1.54, 1.807) is 6.07 Å². The maximum atomic E-state index is 12.8. The van der Waals surface area contributed by atoms with E-state index in [1.807, 2.05) is 24.3 Å². The van der Waals surface area contributed by atoms with Crippen LogP contribution < -0.4 is 14.9 Å². The second-order valence-electron chi connectivity index (χ2n) is 7.59. The minimum Gasteiger partial charge on any atom is -0.372 e. The molecule has 8 heteroatoms. The van der Waals surface area contributed by atoms with Crippen LogP contribution in [0.25, 0.3) is 0 Å². The highest BCUT2D eigenvalue weighted by atomic mass is 79.9. The van der Waals surface area contributed by atoms with Crippen molar-refractivity contribution in [1.82, 2.24) is 4.72 Å². The highest BCUT2D eigenvalue weighted by Crippen LogP contribution is 2.26. The zero-order valence-corrected chi connectivity index (χ0v) is 18.4. The number of amides is 1. The van der Waals surface area contributed by atoms with Crippen LogP contribution in [0.1, 0.15) is 42.5 Å². The van der Waals surface area contributed by atoms with E-state index in [0.29, 0.717) is 10.2 Å². The van der Waals surface area contributed by atoms with E-state index in [1.165, 1.54) is 31.4 Å². The summed E-state index contributed by atoms with van der Waals surface area (Å²) >= 11 is 3.36. The number of piperidine rings is 1. The van der Waals surface area contributed by atoms with Crippen LogP contribution in [-0.2, 0) is 10.0 Å². The number of hydrogen-bond donors (Lipinski definition) is 2. The number of halogens is 1. The van der Waals surface area contributed by atoms with Gasteiger partial charge in [-0.2, -0.15) is 0 Å². The van der Waals surface area contributed by atoms with Crippen molar-refractivity contribution >= 4 is 43.2 Å². The van der Waals surface area contributed by atoms with Gasteiger partial charge in [0.2, 0.25) is 10.0 Å². The van der Waals surface area contributed by atoms with Crippen molar-refractivity contribution in [3.63, 3.8) is 0 Å². The molecule has 29 heavy (non-hydrogen) atoms. The Morgan fingerprint density at radius 3 is 2.34 bits per heavy atom. The second kappa shape index (κ2) is 8.45. The predicted molar refractivity (Wildman–Crippen MR) is 118 cm³/mol. The molecule has 1 saturated carbocycles. The summed E-state index contributed by atoms with van der Waals surface area (Å²) in [5.41, 5.74) is 2.11. The molecule has 1 aliphatic carbocycles. The molecule has 0 atom stereocenters. The van der Waals surface area contributed by atoms with Crippen LogP contribution in [0, 0.1) is 0 Å². The van der Waals surface area contributed by atoms with Crippen LogP contribution in [0.5, 0.6) is 0 Å². The summed E-state index contributed by atoms with van der Waals surface area (Å²) in [6, 6.07) is 12.3. The van der Waals surface area contributed by atoms with Crippen LogP contribution in [-0.4, -0.2) is 33.5 Å². The Labute approximate surface area is 179 Å². The van der Waals surface area contributed by atoms with Gasteiger partial charge in [-0.15, -0.1) is 0 Å². The first-order valence-electron chi connectivity index (χ1n) is 9.91. The number of benzene rings is 2. The molecule has 2 aromatic rings. The van der Waals surface area contributed by atoms with Crippen LogP contribution in [0.4, 0.5) is 11.4 Å². The number of nitrogens with one attached hydrogen (secondary N) is 2. The van der Waals surface area contributed by atoms with Gasteiger partial charge in [0.05, 0.1) is 10.5 Å². The SMILES string of the molecule is O=C(Nc1ccc(N2CCCCC2)cc1)c1cc(S(=O)(=O)NC2CC2)ccc1Br. The normalized spacial score (nSPS) is 17.2. The van der Waals surface area contributed by atoms with Crippen molar-refractivity contribution in [3.8, 4) is 0 Å². The second-order valence-corrected chi connectivity index (χ2v) is 10.2. The minimum absolute atomic E-state index is 0.0133. The first-order valence-corrected chi connectivity index (χ1v) is 12.2. The van der Waals surface area contributed by atoms with Gasteiger partial charge in [0.25, 0.3) is 5.91 Å². The average molecular weight is 478 g/mol. The minimum atomic E-state index is -3.62. The Balaban J connectivity index is 1.48. The lowest BCUT2D eigenvalue weighted by molar-refractivity contribution is 0.102. The molecule has 0 bridgehead atoms. The smallest absolute Gasteiger partial charge is 0.256 e. The summed E-state index contributed by atoms with van der Waals surface area (Å²) < 4.78 is 28.1. The molecule has 0 unspecified atom stereocenters. The van der Waals surface area contributed by atoms with Gasteiger partial charge in [-0.3, -0.25) is 4.79 Å². The molecule has 154 valence electrons. The highest BCUT2D eigenvalue weighted by molar-refractivity contribution is 9.10. The Morgan fingerprint density at radius 2 is 1.69 bits per heavy atom. The molecule has 0 radical (unpaired) electrons. The Kier molecular flexibility index (Phi) is 5.94. The van der Waals surface area contributed by atoms with E-state index in [4.69, 9.17) is 0 Å². The topological polar surface area (TPSA) is 78.5 Å². The van der Waals surface area contributed by atoms with Gasteiger partial charge in [-0.25, -0.2) is 13.1 Å². The van der Waals surface area contributed by atoms with Gasteiger partial charge in [0.1, 0.15) is 0 Å². The van der Waals surface area contributed by atoms with Crippen molar-refractivity contribution in [2.45, 2.75) is 43.0 Å². The molecule has 2 fully saturated rings. The molecule has 1 aliphatic heterocycles. The molecule has 2 N–H and O–H groups in total. The molecule has 4 rings (SSSR count). The lowest BCUT2D eigenvalue weighted by Crippen LogP contribution is -2.29. The fourth-order valence-electron chi connectivity index (χ4n) is 3.44. The lowest BCUT2D eigenvalue weighted by atomic mass is 10.1. The van der Waals surface area contributed by atoms with E-state index in [9.17, 15) is 13.2 Å². The Morgan fingerprint density at radius 1 is 1.00 bits per heavy atom. The molecule has 6 nitrogen and oxygen atoms in total. The molecule has 2 aliphatic rings. The summed E-state index contributed by atoms with van der Waals surface area (Å²) in [5.74, 6) is -0.355. The monoisotopic (exact) mass is 477 g/mol. The van der Waals surface area contributed by atoms with Crippen LogP contribution in [0.2, 0.25) is 0 Å². The number of carbonyl (C=O) groups is 1. The summed E-state index contributed by atoms with van der Waals surface area (Å²) in [4.78, 5) is 15.2. The number of hydrogen-bond acceptors (Lipinski definition) is 4. The van der Waals surface area contributed by atoms with E-state index in [2.05, 4.69) is 30.9 Å². The van der Waals surface area contributed by atoms with Gasteiger partial charge in [-0.05, 0) is 90.5 Å². The van der Waals surface area contributed by atoms with Crippen molar-refractivity contribution < 1.29 is 13.2 Å². The largest absolute Gasteiger partial charge is 0.372 e. The van der Waals surface area contributed by atoms with Crippen molar-refractivity contribution in [1.29, 1.82) is 0 Å². The highest BCUT2D eigenvalue weighted by Gasteiger charge is 2.28. The van der Waals surface area contributed by atoms with Crippen molar-refractivity contribution in [2.24, 2.45) is 0 Å². The van der Waals surface area contributed by atoms with Crippen molar-refractivity contribution in [3.05, 3.63) is 52.5 Å². The molecule has 0 aromatic heterocycles. The fourth-order valence-corrected chi connectivity index (χ4v) is 5.20. The van der Waals surface area contributed by atoms with Gasteiger partial charge in [0.15, 0.2) is 0 Å². The van der Waals surface area contributed by atoms with Crippen LogP contribution >= 0.6 is 15.9 Å². The molecule has 1 heterocycles. The van der Waals surface area contributed by atoms with Crippen molar-refractivity contribution in [2.75, 3.05) is 23.3 Å². The number of nitrogens with zero attached hydrogens (tertiary/aromatic N) is 1. The Hall–Kier alpha value is -1.90. The summed E-state index contributed by atoms with van der Waals surface area (Å²) in [7, 11) is -3.62. The predicted octanol–water partition coefficient (Wildman–Crippen LogP) is 4.13. The first kappa shape index (κ1) is 20.4. The third kappa shape index (κ3) is 4.99. The standard InChI is InChI=1S/C21H24BrN3O3S/c22-20-11-10-18(29(27,28)24-16-4-5-16)14-19(20)21(26)23-15-6-8-17(9-7-15)25-12-2-1-3-13-25/h6-11,14,16,24H,1-5,12-13H2,(H,23,26). The first-order chi connectivity index (χ1) is 13.9. The molecular weight excluding hydrogens is 454 g/mol. The summed E-state index contributed by atoms with van der Waals surface area (Å²) in [5, 5.41) is 2.86. The third-order valence-electron chi connectivity index (χ3n) is 5.24. The average Bonchev–Trinajstić information content (AvgIpc) is 3.52. The van der Waals surface area contributed by atoms with Crippen LogP contribution in [0.15, 0.2) is 51.8 Å². The maximum absolute atomic E-state index is 12.8. The Bertz CT molecular complexity index is 998. The molecule has 0 spiro atoms. The number of rotatable bonds is 6. The molecule has 1 saturated heterocycles. The zero-order chi connectivity index (χ0) is 20.4. The fraction of sp³-hybridized carbons (Fsp3) is 0.381. The number of anilines is 2. The van der Waals surface area contributed by atoms with E-state index in [0.717, 1.165) is 31.6 Å². The van der Waals surface area contributed by atoms with Gasteiger partial charge >= 0.3 is 0 Å². The quantitative estimate of drug-likeness (QED) is 0.655. The van der Waals surface area contributed by atoms with Gasteiger partial charge < -0.3 is 10.2 Å². The number of carbonyl (C=O) groups excluding carboxylic acids is 1. The van der Waals surface area contributed by atoms with Gasteiger partial charge in [-0.1, -0.05) is 0 Å². The van der Waals surface area contributed by atoms with E-state index >= 15 is 0 Å². The molecule has 1 amide bonds. The van der Waals surface area contributed by atoms with Gasteiger partial charge in [0, 0.05) is 35.0 Å². The molecule has 2 aromatic carbocycles. The molecular formula is C21H24BrN3O3S. The summed E-state index contributed by atoms with van der Waals surface area (Å²) in [6.07, 6.45) is 5.42. The zero-order valence-electron chi connectivity index (χ0n) is 16.0. The number of sulfonamides is 1. The maximum Gasteiger partial charge on any atom is 0.256 e. The van der Waals surface area contributed by atoms with E-state index < -0.39 is 10.0 Å². The lowest BCUT2D eigenvalue weighted by Gasteiger charge is -2.28. The third-order valence-corrected chi connectivity index (χ3v) is 7.45.